The monoisotopic (exact) mass is 240 g/mol. The van der Waals surface area contributed by atoms with Gasteiger partial charge >= 0.3 is 0 Å². The number of hydrogen-bond acceptors (Lipinski definition) is 2. The fourth-order valence-electron chi connectivity index (χ4n) is 4.48. The number of aromatic hydroxyl groups is 1. The fourth-order valence-corrected chi connectivity index (χ4v) is 4.48. The van der Waals surface area contributed by atoms with Crippen LogP contribution in [0, 0.1) is 11.3 Å². The van der Waals surface area contributed by atoms with Crippen molar-refractivity contribution in [2.75, 3.05) is 0 Å². The first-order valence-corrected chi connectivity index (χ1v) is 6.69. The van der Waals surface area contributed by atoms with Crippen LogP contribution in [0.4, 0.5) is 0 Å². The van der Waals surface area contributed by atoms with Gasteiger partial charge in [0.05, 0.1) is 0 Å². The van der Waals surface area contributed by atoms with E-state index in [9.17, 15) is 9.90 Å². The molecule has 92 valence electrons. The van der Waals surface area contributed by atoms with Gasteiger partial charge in [0, 0.05) is 11.3 Å². The number of rotatable bonds is 0. The lowest BCUT2D eigenvalue weighted by atomic mass is 9.71. The van der Waals surface area contributed by atoms with Gasteiger partial charge in [-0.2, -0.15) is 0 Å². The Kier molecular flexibility index (Phi) is 1.76. The minimum atomic E-state index is 0.207. The summed E-state index contributed by atoms with van der Waals surface area (Å²) in [5.74, 6) is 0.957. The van der Waals surface area contributed by atoms with E-state index in [0.717, 1.165) is 31.3 Å². The van der Waals surface area contributed by atoms with Crippen molar-refractivity contribution in [1.82, 2.24) is 0 Å². The molecule has 0 unspecified atom stereocenters. The molecular formula is C16H16O2. The second kappa shape index (κ2) is 3.05. The van der Waals surface area contributed by atoms with Crippen molar-refractivity contribution in [1.29, 1.82) is 0 Å². The molecule has 1 N–H and O–H groups in total. The highest BCUT2D eigenvalue weighted by Gasteiger charge is 2.53. The van der Waals surface area contributed by atoms with E-state index in [1.165, 1.54) is 16.7 Å². The number of carbonyl (C=O) groups is 1. The normalized spacial score (nSPS) is 32.7. The van der Waals surface area contributed by atoms with Crippen LogP contribution in [0.2, 0.25) is 0 Å². The Morgan fingerprint density at radius 1 is 1.39 bits per heavy atom. The molecule has 3 aliphatic rings. The number of ketones is 1. The molecule has 2 bridgehead atoms. The lowest BCUT2D eigenvalue weighted by molar-refractivity contribution is -0.119. The zero-order valence-corrected chi connectivity index (χ0v) is 10.5. The Morgan fingerprint density at radius 3 is 3.06 bits per heavy atom. The van der Waals surface area contributed by atoms with Crippen molar-refractivity contribution in [3.8, 4) is 5.75 Å². The maximum atomic E-state index is 12.3. The molecule has 1 aromatic carbocycles. The Bertz CT molecular complexity index is 612. The molecule has 0 heterocycles. The quantitative estimate of drug-likeness (QED) is 0.756. The number of benzene rings is 1. The summed E-state index contributed by atoms with van der Waals surface area (Å²) in [7, 11) is 0. The number of allylic oxidation sites excluding steroid dienone is 2. The minimum Gasteiger partial charge on any atom is -0.508 e. The van der Waals surface area contributed by atoms with Gasteiger partial charge in [0.15, 0.2) is 5.78 Å². The van der Waals surface area contributed by atoms with E-state index in [1.807, 2.05) is 19.1 Å². The minimum absolute atomic E-state index is 0.207. The van der Waals surface area contributed by atoms with E-state index in [0.29, 0.717) is 11.5 Å². The molecule has 1 saturated carbocycles. The van der Waals surface area contributed by atoms with Crippen LogP contribution >= 0.6 is 0 Å². The zero-order valence-electron chi connectivity index (χ0n) is 10.5. The van der Waals surface area contributed by atoms with Crippen molar-refractivity contribution in [2.24, 2.45) is 11.3 Å². The first-order chi connectivity index (χ1) is 8.61. The Morgan fingerprint density at radius 2 is 2.22 bits per heavy atom. The van der Waals surface area contributed by atoms with Crippen LogP contribution < -0.4 is 0 Å². The number of phenolic OH excluding ortho intramolecular Hbond substituents is 1. The van der Waals surface area contributed by atoms with E-state index < -0.39 is 0 Å². The number of phenols is 1. The molecule has 0 aliphatic heterocycles. The second-order valence-corrected chi connectivity index (χ2v) is 6.10. The van der Waals surface area contributed by atoms with Gasteiger partial charge in [-0.15, -0.1) is 0 Å². The lowest BCUT2D eigenvalue weighted by Crippen LogP contribution is -2.26. The summed E-state index contributed by atoms with van der Waals surface area (Å²) in [4.78, 5) is 12.3. The Balaban J connectivity index is 2.01. The molecule has 18 heavy (non-hydrogen) atoms. The van der Waals surface area contributed by atoms with Crippen LogP contribution in [0.25, 0.3) is 5.57 Å². The molecule has 2 heteroatoms. The van der Waals surface area contributed by atoms with E-state index in [4.69, 9.17) is 0 Å². The summed E-state index contributed by atoms with van der Waals surface area (Å²) in [6.07, 6.45) is 4.20. The Hall–Kier alpha value is -1.57. The first kappa shape index (κ1) is 10.4. The third kappa shape index (κ3) is 1.07. The van der Waals surface area contributed by atoms with Gasteiger partial charge in [-0.25, -0.2) is 0 Å². The molecule has 4 rings (SSSR count). The predicted octanol–water partition coefficient (Wildman–Crippen LogP) is 3.09. The summed E-state index contributed by atoms with van der Waals surface area (Å²) in [6, 6.07) is 5.61. The van der Waals surface area contributed by atoms with Gasteiger partial charge in [0.2, 0.25) is 0 Å². The third-order valence-electron chi connectivity index (χ3n) is 5.14. The van der Waals surface area contributed by atoms with Crippen LogP contribution in [-0.2, 0) is 11.2 Å². The van der Waals surface area contributed by atoms with E-state index >= 15 is 0 Å². The highest BCUT2D eigenvalue weighted by atomic mass is 16.3. The van der Waals surface area contributed by atoms with Crippen LogP contribution in [0.15, 0.2) is 23.8 Å². The molecular weight excluding hydrogens is 224 g/mol. The SMILES string of the molecule is CC1=C2c3ccc(O)cc3C[C@@]23CC[C@H](C3)C1=O. The van der Waals surface area contributed by atoms with E-state index in [-0.39, 0.29) is 11.3 Å². The number of hydrogen-bond donors (Lipinski definition) is 1. The van der Waals surface area contributed by atoms with Gasteiger partial charge in [0.25, 0.3) is 0 Å². The van der Waals surface area contributed by atoms with Crippen molar-refractivity contribution < 1.29 is 9.90 Å². The van der Waals surface area contributed by atoms with Crippen molar-refractivity contribution in [3.63, 3.8) is 0 Å². The molecule has 2 nitrogen and oxygen atoms in total. The summed E-state index contributed by atoms with van der Waals surface area (Å²) >= 11 is 0. The van der Waals surface area contributed by atoms with Crippen LogP contribution in [0.1, 0.15) is 37.3 Å². The molecule has 1 spiro atoms. The van der Waals surface area contributed by atoms with Crippen molar-refractivity contribution >= 4 is 11.4 Å². The smallest absolute Gasteiger partial charge is 0.161 e. The largest absolute Gasteiger partial charge is 0.508 e. The highest BCUT2D eigenvalue weighted by Crippen LogP contribution is 2.62. The number of Topliss-reactive ketones (excluding diaryl/α,β-unsaturated/α-hetero) is 1. The molecule has 0 amide bonds. The summed E-state index contributed by atoms with van der Waals surface area (Å²) in [6.45, 7) is 1.99. The summed E-state index contributed by atoms with van der Waals surface area (Å²) in [5.41, 5.74) is 4.90. The van der Waals surface area contributed by atoms with Crippen LogP contribution in [0.3, 0.4) is 0 Å². The Labute approximate surface area is 106 Å². The van der Waals surface area contributed by atoms with Crippen LogP contribution in [0.5, 0.6) is 5.75 Å². The van der Waals surface area contributed by atoms with Crippen molar-refractivity contribution in [2.45, 2.75) is 32.6 Å². The summed E-state index contributed by atoms with van der Waals surface area (Å²) < 4.78 is 0. The standard InChI is InChI=1S/C16H16O2/c1-9-14-13-3-2-12(17)6-11(13)8-16(14)5-4-10(7-16)15(9)18/h2-3,6,10,17H,4-5,7-8H2,1H3/t10-,16+/m1/s1. The maximum Gasteiger partial charge on any atom is 0.161 e. The highest BCUT2D eigenvalue weighted by molar-refractivity contribution is 6.08. The van der Waals surface area contributed by atoms with Gasteiger partial charge in [-0.1, -0.05) is 6.07 Å². The number of fused-ring (bicyclic) bond motifs is 3. The van der Waals surface area contributed by atoms with Crippen LogP contribution in [-0.4, -0.2) is 10.9 Å². The zero-order chi connectivity index (χ0) is 12.5. The number of carbonyl (C=O) groups excluding carboxylic acids is 1. The summed E-state index contributed by atoms with van der Waals surface area (Å²) in [5, 5.41) is 9.63. The third-order valence-corrected chi connectivity index (χ3v) is 5.14. The maximum absolute atomic E-state index is 12.3. The van der Waals surface area contributed by atoms with Gasteiger partial charge in [0.1, 0.15) is 5.75 Å². The molecule has 0 aromatic heterocycles. The first-order valence-electron chi connectivity index (χ1n) is 6.69. The average molecular weight is 240 g/mol. The van der Waals surface area contributed by atoms with Gasteiger partial charge < -0.3 is 5.11 Å². The topological polar surface area (TPSA) is 37.3 Å². The molecule has 1 aromatic rings. The van der Waals surface area contributed by atoms with Crippen molar-refractivity contribution in [3.05, 3.63) is 34.9 Å². The predicted molar refractivity (Wildman–Crippen MR) is 69.2 cm³/mol. The molecule has 3 aliphatic carbocycles. The van der Waals surface area contributed by atoms with Gasteiger partial charge in [-0.3, -0.25) is 4.79 Å². The van der Waals surface area contributed by atoms with Gasteiger partial charge in [-0.05, 0) is 67.0 Å². The lowest BCUT2D eigenvalue weighted by Gasteiger charge is -2.31. The molecule has 1 fully saturated rings. The molecule has 0 radical (unpaired) electrons. The average Bonchev–Trinajstić information content (AvgIpc) is 2.86. The molecule has 2 atom stereocenters. The van der Waals surface area contributed by atoms with E-state index in [1.54, 1.807) is 6.07 Å². The van der Waals surface area contributed by atoms with E-state index in [2.05, 4.69) is 0 Å². The fraction of sp³-hybridized carbons (Fsp3) is 0.438. The second-order valence-electron chi connectivity index (χ2n) is 6.10. The molecule has 0 saturated heterocycles.